The smallest absolute Gasteiger partial charge is 0.179 e. The van der Waals surface area contributed by atoms with E-state index in [2.05, 4.69) is 178 Å². The van der Waals surface area contributed by atoms with E-state index in [9.17, 15) is 0 Å². The predicted octanol–water partition coefficient (Wildman–Crippen LogP) is 6.92. The predicted molar refractivity (Wildman–Crippen MR) is 172 cm³/mol. The molecule has 0 unspecified atom stereocenters. The van der Waals surface area contributed by atoms with Crippen LogP contribution in [0.3, 0.4) is 0 Å². The highest BCUT2D eigenvalue weighted by Gasteiger charge is 2.41. The number of rotatable bonds is 5. The highest BCUT2D eigenvalue weighted by atomic mass is 79.9. The molecule has 0 aliphatic heterocycles. The normalized spacial score (nSPS) is 11.7. The second-order valence-electron chi connectivity index (χ2n) is 9.91. The minimum atomic E-state index is -2.60. The summed E-state index contributed by atoms with van der Waals surface area (Å²) in [6, 6.07) is 57.9. The van der Waals surface area contributed by atoms with E-state index in [1.54, 1.807) is 0 Å². The van der Waals surface area contributed by atoms with Crippen molar-refractivity contribution in [2.45, 2.75) is 0 Å². The zero-order valence-corrected chi connectivity index (χ0v) is 23.9. The van der Waals surface area contributed by atoms with Crippen molar-refractivity contribution in [3.63, 3.8) is 0 Å². The first kappa shape index (κ1) is 23.9. The molecule has 0 amide bonds. The number of hydrogen-bond donors (Lipinski definition) is 0. The van der Waals surface area contributed by atoms with Crippen LogP contribution in [0.15, 0.2) is 162 Å². The Morgan fingerprint density at radius 2 is 0.949 bits per heavy atom. The van der Waals surface area contributed by atoms with Gasteiger partial charge in [-0.1, -0.05) is 143 Å². The van der Waals surface area contributed by atoms with Crippen LogP contribution >= 0.6 is 15.9 Å². The molecule has 0 atom stereocenters. The fourth-order valence-corrected chi connectivity index (χ4v) is 11.3. The molecule has 0 radical (unpaired) electrons. The maximum atomic E-state index is 3.68. The summed E-state index contributed by atoms with van der Waals surface area (Å²) in [6.45, 7) is 0. The van der Waals surface area contributed by atoms with Crippen LogP contribution in [0.2, 0.25) is 0 Å². The molecule has 1 aromatic heterocycles. The van der Waals surface area contributed by atoms with Gasteiger partial charge in [0.25, 0.3) is 0 Å². The zero-order valence-electron chi connectivity index (χ0n) is 21.3. The van der Waals surface area contributed by atoms with Crippen LogP contribution in [0.5, 0.6) is 0 Å². The summed E-state index contributed by atoms with van der Waals surface area (Å²) >= 11 is 3.68. The molecule has 39 heavy (non-hydrogen) atoms. The lowest BCUT2D eigenvalue weighted by Gasteiger charge is -2.34. The quantitative estimate of drug-likeness (QED) is 0.154. The highest BCUT2D eigenvalue weighted by molar-refractivity contribution is 9.10. The molecule has 6 aromatic carbocycles. The molecular weight excluding hydrogens is 554 g/mol. The van der Waals surface area contributed by atoms with Gasteiger partial charge in [-0.05, 0) is 51.1 Å². The van der Waals surface area contributed by atoms with Gasteiger partial charge in [0.1, 0.15) is 0 Å². The Morgan fingerprint density at radius 1 is 0.410 bits per heavy atom. The van der Waals surface area contributed by atoms with Crippen molar-refractivity contribution in [3.05, 3.63) is 162 Å². The molecule has 7 rings (SSSR count). The molecule has 0 N–H and O–H groups in total. The number of fused-ring (bicyclic) bond motifs is 3. The minimum absolute atomic E-state index is 1.08. The third-order valence-electron chi connectivity index (χ3n) is 7.79. The molecule has 7 aromatic rings. The standard InChI is InChI=1S/C36H26BrNSi/c37-27-13-12-14-28(25-27)38-35-22-11-10-21-33(35)34-26-32(23-24-36(34)38)39(29-15-4-1-5-16-29,30-17-6-2-7-18-30)31-19-8-3-9-20-31/h1-26H. The average Bonchev–Trinajstić information content (AvgIpc) is 3.33. The van der Waals surface area contributed by atoms with Gasteiger partial charge in [-0.15, -0.1) is 0 Å². The van der Waals surface area contributed by atoms with E-state index >= 15 is 0 Å². The molecule has 1 nitrogen and oxygen atoms in total. The number of aromatic nitrogens is 1. The summed E-state index contributed by atoms with van der Waals surface area (Å²) in [5.41, 5.74) is 3.59. The van der Waals surface area contributed by atoms with E-state index < -0.39 is 8.07 Å². The van der Waals surface area contributed by atoms with Crippen molar-refractivity contribution in [3.8, 4) is 5.69 Å². The summed E-state index contributed by atoms with van der Waals surface area (Å²) in [7, 11) is -2.60. The van der Waals surface area contributed by atoms with E-state index in [0.29, 0.717) is 0 Å². The fourth-order valence-electron chi connectivity index (χ4n) is 6.16. The summed E-state index contributed by atoms with van der Waals surface area (Å²) in [5, 5.41) is 8.09. The average molecular weight is 581 g/mol. The van der Waals surface area contributed by atoms with Gasteiger partial charge >= 0.3 is 0 Å². The summed E-state index contributed by atoms with van der Waals surface area (Å²) in [5.74, 6) is 0. The summed E-state index contributed by atoms with van der Waals surface area (Å²) < 4.78 is 3.46. The Bertz CT molecular complexity index is 1810. The number of para-hydroxylation sites is 1. The molecular formula is C36H26BrNSi. The van der Waals surface area contributed by atoms with Crippen molar-refractivity contribution in [1.29, 1.82) is 0 Å². The van der Waals surface area contributed by atoms with Gasteiger partial charge in [0.15, 0.2) is 8.07 Å². The van der Waals surface area contributed by atoms with E-state index in [1.807, 2.05) is 0 Å². The largest absolute Gasteiger partial charge is 0.309 e. The molecule has 1 heterocycles. The lowest BCUT2D eigenvalue weighted by atomic mass is 10.1. The molecule has 0 bridgehead atoms. The lowest BCUT2D eigenvalue weighted by Crippen LogP contribution is -2.74. The lowest BCUT2D eigenvalue weighted by molar-refractivity contribution is 1.18. The van der Waals surface area contributed by atoms with Crippen LogP contribution in [0.25, 0.3) is 27.5 Å². The Hall–Kier alpha value is -4.18. The van der Waals surface area contributed by atoms with Crippen LogP contribution in [0.4, 0.5) is 0 Å². The van der Waals surface area contributed by atoms with Crippen LogP contribution in [-0.2, 0) is 0 Å². The Kier molecular flexibility index (Phi) is 6.03. The SMILES string of the molecule is Brc1cccc(-n2c3ccccc3c3cc([Si](c4ccccc4)(c4ccccc4)c4ccccc4)ccc32)c1. The molecule has 0 aliphatic rings. The first-order valence-corrected chi connectivity index (χ1v) is 16.0. The molecule has 186 valence electrons. The molecule has 0 fully saturated rings. The molecule has 3 heteroatoms. The summed E-state index contributed by atoms with van der Waals surface area (Å²) in [4.78, 5) is 0. The first-order valence-electron chi connectivity index (χ1n) is 13.2. The van der Waals surface area contributed by atoms with Crippen molar-refractivity contribution >= 4 is 66.6 Å². The Labute approximate surface area is 238 Å². The molecule has 0 saturated carbocycles. The first-order chi connectivity index (χ1) is 19.3. The van der Waals surface area contributed by atoms with Gasteiger partial charge in [0, 0.05) is 20.9 Å². The van der Waals surface area contributed by atoms with Crippen LogP contribution in [0, 0.1) is 0 Å². The van der Waals surface area contributed by atoms with E-state index in [4.69, 9.17) is 0 Å². The summed E-state index contributed by atoms with van der Waals surface area (Å²) in [6.07, 6.45) is 0. The number of nitrogens with zero attached hydrogens (tertiary/aromatic N) is 1. The molecule has 0 spiro atoms. The second kappa shape index (κ2) is 9.85. The third-order valence-corrected chi connectivity index (χ3v) is 13.1. The van der Waals surface area contributed by atoms with Gasteiger partial charge in [0.2, 0.25) is 0 Å². The maximum absolute atomic E-state index is 3.68. The second-order valence-corrected chi connectivity index (χ2v) is 14.6. The van der Waals surface area contributed by atoms with E-state index in [0.717, 1.165) is 10.2 Å². The van der Waals surface area contributed by atoms with Gasteiger partial charge in [0.05, 0.1) is 11.0 Å². The van der Waals surface area contributed by atoms with Gasteiger partial charge in [-0.3, -0.25) is 0 Å². The Balaban J connectivity index is 1.60. The fraction of sp³-hybridized carbons (Fsp3) is 0. The Morgan fingerprint density at radius 3 is 1.54 bits per heavy atom. The van der Waals surface area contributed by atoms with Gasteiger partial charge in [-0.25, -0.2) is 0 Å². The van der Waals surface area contributed by atoms with Crippen molar-refractivity contribution < 1.29 is 0 Å². The minimum Gasteiger partial charge on any atom is -0.309 e. The highest BCUT2D eigenvalue weighted by Crippen LogP contribution is 2.32. The van der Waals surface area contributed by atoms with E-state index in [-0.39, 0.29) is 0 Å². The van der Waals surface area contributed by atoms with Crippen molar-refractivity contribution in [1.82, 2.24) is 4.57 Å². The van der Waals surface area contributed by atoms with Gasteiger partial charge < -0.3 is 4.57 Å². The van der Waals surface area contributed by atoms with Crippen LogP contribution in [0.1, 0.15) is 0 Å². The van der Waals surface area contributed by atoms with E-state index in [1.165, 1.54) is 42.6 Å². The zero-order chi connectivity index (χ0) is 26.2. The topological polar surface area (TPSA) is 4.93 Å². The van der Waals surface area contributed by atoms with Crippen LogP contribution in [-0.4, -0.2) is 12.6 Å². The van der Waals surface area contributed by atoms with Crippen molar-refractivity contribution in [2.24, 2.45) is 0 Å². The molecule has 0 aliphatic carbocycles. The number of benzene rings is 6. The van der Waals surface area contributed by atoms with Crippen molar-refractivity contribution in [2.75, 3.05) is 0 Å². The maximum Gasteiger partial charge on any atom is 0.179 e. The third kappa shape index (κ3) is 3.89. The monoisotopic (exact) mass is 579 g/mol. The number of halogens is 1. The molecule has 0 saturated heterocycles. The van der Waals surface area contributed by atoms with Crippen LogP contribution < -0.4 is 20.7 Å². The number of hydrogen-bond acceptors (Lipinski definition) is 0. The van der Waals surface area contributed by atoms with Gasteiger partial charge in [-0.2, -0.15) is 0 Å².